The number of imidazole rings is 1. The molecule has 1 aliphatic rings. The van der Waals surface area contributed by atoms with Crippen LogP contribution in [0.3, 0.4) is 0 Å². The lowest BCUT2D eigenvalue weighted by molar-refractivity contribution is 0.111. The van der Waals surface area contributed by atoms with Crippen LogP contribution in [-0.2, 0) is 12.0 Å². The van der Waals surface area contributed by atoms with Gasteiger partial charge in [0, 0.05) is 34.6 Å². The van der Waals surface area contributed by atoms with Crippen LogP contribution in [0.2, 0.25) is 5.02 Å². The number of aromatic nitrogens is 2. The Labute approximate surface area is 193 Å². The van der Waals surface area contributed by atoms with Gasteiger partial charge in [-0.25, -0.2) is 24.6 Å². The molecule has 4 aromatic rings. The first-order chi connectivity index (χ1) is 15.9. The van der Waals surface area contributed by atoms with E-state index >= 15 is 8.78 Å². The third-order valence-corrected chi connectivity index (χ3v) is 6.18. The van der Waals surface area contributed by atoms with E-state index in [0.29, 0.717) is 28.3 Å². The predicted molar refractivity (Wildman–Crippen MR) is 120 cm³/mol. The van der Waals surface area contributed by atoms with E-state index in [1.807, 2.05) is 6.92 Å². The Hall–Kier alpha value is -2.92. The number of hydrogen-bond donors (Lipinski definition) is 5. The molecule has 2 aromatic heterocycles. The highest BCUT2D eigenvalue weighted by Crippen LogP contribution is 2.41. The number of hydrazine groups is 3. The van der Waals surface area contributed by atoms with E-state index in [1.165, 1.54) is 36.4 Å². The quantitative estimate of drug-likeness (QED) is 0.308. The Morgan fingerprint density at radius 2 is 1.61 bits per heavy atom. The van der Waals surface area contributed by atoms with Crippen molar-refractivity contribution in [2.75, 3.05) is 0 Å². The first-order valence-electron chi connectivity index (χ1n) is 10.4. The molecule has 1 fully saturated rings. The van der Waals surface area contributed by atoms with Gasteiger partial charge in [0.15, 0.2) is 5.60 Å². The van der Waals surface area contributed by atoms with Crippen molar-refractivity contribution in [2.24, 2.45) is 0 Å². The summed E-state index contributed by atoms with van der Waals surface area (Å²) >= 11 is 6.52. The summed E-state index contributed by atoms with van der Waals surface area (Å²) in [7, 11) is 0. The van der Waals surface area contributed by atoms with Crippen molar-refractivity contribution in [1.82, 2.24) is 31.3 Å². The number of benzene rings is 2. The zero-order chi connectivity index (χ0) is 23.2. The molecule has 3 heterocycles. The maximum atomic E-state index is 15.0. The van der Waals surface area contributed by atoms with Crippen molar-refractivity contribution in [3.63, 3.8) is 0 Å². The summed E-state index contributed by atoms with van der Waals surface area (Å²) < 4.78 is 31.9. The van der Waals surface area contributed by atoms with Crippen LogP contribution in [0.1, 0.15) is 41.2 Å². The topological polar surface area (TPSA) is 85.7 Å². The number of hydrogen-bond acceptors (Lipinski definition) is 6. The second-order valence-corrected chi connectivity index (χ2v) is 8.11. The summed E-state index contributed by atoms with van der Waals surface area (Å²) in [6.07, 6.45) is 1.88. The molecule has 0 bridgehead atoms. The molecule has 0 amide bonds. The fourth-order valence-corrected chi connectivity index (χ4v) is 4.54. The first-order valence-corrected chi connectivity index (χ1v) is 10.8. The summed E-state index contributed by atoms with van der Waals surface area (Å²) in [5.74, 6) is -1.34. The van der Waals surface area contributed by atoms with Crippen molar-refractivity contribution >= 4 is 17.2 Å². The largest absolute Gasteiger partial charge is 0.374 e. The van der Waals surface area contributed by atoms with E-state index in [4.69, 9.17) is 11.6 Å². The van der Waals surface area contributed by atoms with Crippen molar-refractivity contribution in [3.8, 4) is 0 Å². The zero-order valence-corrected chi connectivity index (χ0v) is 18.3. The molecule has 0 spiro atoms. The standard InChI is InChI=1S/C23H21ClF2N6O/c1-2-19-21(27-20-11-16(24)13(12-32(19)20)22-28-30-31-29-22)23(33,14-7-3-5-9-17(14)25)15-8-4-6-10-18(15)26/h3-12,22,28-31,33H,2H2,1H3. The van der Waals surface area contributed by atoms with E-state index in [9.17, 15) is 5.11 Å². The first kappa shape index (κ1) is 21.9. The van der Waals surface area contributed by atoms with Crippen molar-refractivity contribution in [1.29, 1.82) is 0 Å². The zero-order valence-electron chi connectivity index (χ0n) is 17.5. The molecule has 33 heavy (non-hydrogen) atoms. The monoisotopic (exact) mass is 470 g/mol. The lowest BCUT2D eigenvalue weighted by Crippen LogP contribution is -2.33. The van der Waals surface area contributed by atoms with E-state index in [-0.39, 0.29) is 23.0 Å². The normalized spacial score (nSPS) is 14.9. The highest BCUT2D eigenvalue weighted by atomic mass is 35.5. The predicted octanol–water partition coefficient (Wildman–Crippen LogP) is 3.23. The van der Waals surface area contributed by atoms with E-state index < -0.39 is 17.2 Å². The molecule has 0 radical (unpaired) electrons. The van der Waals surface area contributed by atoms with Gasteiger partial charge in [-0.2, -0.15) is 11.1 Å². The number of fused-ring (bicyclic) bond motifs is 1. The van der Waals surface area contributed by atoms with Gasteiger partial charge in [0.05, 0.1) is 5.02 Å². The smallest absolute Gasteiger partial charge is 0.164 e. The van der Waals surface area contributed by atoms with Crippen molar-refractivity contribution in [2.45, 2.75) is 25.1 Å². The second-order valence-electron chi connectivity index (χ2n) is 7.71. The number of pyridine rings is 1. The van der Waals surface area contributed by atoms with E-state index in [0.717, 1.165) is 0 Å². The summed E-state index contributed by atoms with van der Waals surface area (Å²) in [6.45, 7) is 1.89. The minimum atomic E-state index is -2.17. The van der Waals surface area contributed by atoms with Gasteiger partial charge in [-0.05, 0) is 18.6 Å². The van der Waals surface area contributed by atoms with Gasteiger partial charge < -0.3 is 9.51 Å². The molecule has 1 aliphatic heterocycles. The van der Waals surface area contributed by atoms with Crippen LogP contribution < -0.4 is 21.9 Å². The lowest BCUT2D eigenvalue weighted by Gasteiger charge is -2.29. The molecule has 2 aromatic carbocycles. The fraction of sp³-hybridized carbons (Fsp3) is 0.174. The van der Waals surface area contributed by atoms with Crippen LogP contribution in [0, 0.1) is 11.6 Å². The number of halogens is 3. The fourth-order valence-electron chi connectivity index (χ4n) is 4.29. The molecule has 5 rings (SSSR count). The van der Waals surface area contributed by atoms with Crippen LogP contribution in [0.4, 0.5) is 8.78 Å². The van der Waals surface area contributed by atoms with E-state index in [2.05, 4.69) is 26.9 Å². The molecule has 10 heteroatoms. The van der Waals surface area contributed by atoms with Gasteiger partial charge >= 0.3 is 0 Å². The number of nitrogens with zero attached hydrogens (tertiary/aromatic N) is 2. The summed E-state index contributed by atoms with van der Waals surface area (Å²) in [5.41, 5.74) is 11.0. The van der Waals surface area contributed by atoms with Gasteiger partial charge in [-0.1, -0.05) is 54.9 Å². The molecule has 7 nitrogen and oxygen atoms in total. The summed E-state index contributed by atoms with van der Waals surface area (Å²) in [4.78, 5) is 4.64. The molecular weight excluding hydrogens is 450 g/mol. The second kappa shape index (κ2) is 8.45. The van der Waals surface area contributed by atoms with Crippen LogP contribution >= 0.6 is 11.6 Å². The Morgan fingerprint density at radius 3 is 2.15 bits per heavy atom. The number of rotatable bonds is 5. The van der Waals surface area contributed by atoms with Gasteiger partial charge in [0.1, 0.15) is 29.1 Å². The Kier molecular flexibility index (Phi) is 5.61. The molecular formula is C23H21ClF2N6O. The minimum absolute atomic E-state index is 0.0907. The maximum Gasteiger partial charge on any atom is 0.164 e. The Balaban J connectivity index is 1.81. The van der Waals surface area contributed by atoms with Crippen LogP contribution in [0.5, 0.6) is 0 Å². The number of aliphatic hydroxyl groups is 1. The Morgan fingerprint density at radius 1 is 1.03 bits per heavy atom. The maximum absolute atomic E-state index is 15.0. The highest BCUT2D eigenvalue weighted by molar-refractivity contribution is 6.31. The molecule has 0 unspecified atom stereocenters. The molecule has 0 aliphatic carbocycles. The third kappa shape index (κ3) is 3.50. The van der Waals surface area contributed by atoms with Crippen LogP contribution in [0.15, 0.2) is 60.8 Å². The lowest BCUT2D eigenvalue weighted by atomic mass is 9.81. The van der Waals surface area contributed by atoms with Crippen molar-refractivity contribution in [3.05, 3.63) is 106 Å². The summed E-state index contributed by atoms with van der Waals surface area (Å²) in [6, 6.07) is 13.2. The van der Waals surface area contributed by atoms with Gasteiger partial charge in [-0.15, -0.1) is 0 Å². The molecule has 0 atom stereocenters. The minimum Gasteiger partial charge on any atom is -0.374 e. The molecule has 1 saturated heterocycles. The number of aryl methyl sites for hydroxylation is 1. The molecule has 0 saturated carbocycles. The molecule has 5 N–H and O–H groups in total. The van der Waals surface area contributed by atoms with Gasteiger partial charge in [-0.3, -0.25) is 0 Å². The Bertz CT molecular complexity index is 1290. The SMILES string of the molecule is CCc1c(C(O)(c2ccccc2F)c2ccccc2F)nc2cc(Cl)c(C3NNNN3)cn12. The molecule has 170 valence electrons. The summed E-state index contributed by atoms with van der Waals surface area (Å²) in [5, 5.41) is 12.5. The van der Waals surface area contributed by atoms with Gasteiger partial charge in [0.25, 0.3) is 0 Å². The average molecular weight is 471 g/mol. The highest BCUT2D eigenvalue weighted by Gasteiger charge is 2.42. The van der Waals surface area contributed by atoms with Crippen molar-refractivity contribution < 1.29 is 13.9 Å². The van der Waals surface area contributed by atoms with Crippen LogP contribution in [-0.4, -0.2) is 14.5 Å². The third-order valence-electron chi connectivity index (χ3n) is 5.85. The van der Waals surface area contributed by atoms with Gasteiger partial charge in [0.2, 0.25) is 0 Å². The average Bonchev–Trinajstić information content (AvgIpc) is 3.46. The number of nitrogens with one attached hydrogen (secondary N) is 4. The van der Waals surface area contributed by atoms with E-state index in [1.54, 1.807) is 28.8 Å². The van der Waals surface area contributed by atoms with Crippen LogP contribution in [0.25, 0.3) is 5.65 Å².